The van der Waals surface area contributed by atoms with Crippen LogP contribution >= 0.6 is 11.6 Å². The second-order valence-corrected chi connectivity index (χ2v) is 5.57. The van der Waals surface area contributed by atoms with Crippen molar-refractivity contribution in [3.8, 4) is 0 Å². The summed E-state index contributed by atoms with van der Waals surface area (Å²) >= 11 is 5.87. The summed E-state index contributed by atoms with van der Waals surface area (Å²) in [5.74, 6) is 0.234. The Morgan fingerprint density at radius 2 is 1.85 bits per heavy atom. The molecule has 1 heterocycles. The Morgan fingerprint density at radius 1 is 1.25 bits per heavy atom. The molecule has 0 saturated carbocycles. The van der Waals surface area contributed by atoms with Crippen molar-refractivity contribution >= 4 is 11.6 Å². The fourth-order valence-electron chi connectivity index (χ4n) is 2.01. The van der Waals surface area contributed by atoms with Crippen LogP contribution in [0, 0.1) is 0 Å². The van der Waals surface area contributed by atoms with Crippen LogP contribution in [0.5, 0.6) is 0 Å². The van der Waals surface area contributed by atoms with Crippen molar-refractivity contribution in [3.05, 3.63) is 62.5 Å². The van der Waals surface area contributed by atoms with Crippen molar-refractivity contribution in [2.24, 2.45) is 12.8 Å². The van der Waals surface area contributed by atoms with Crippen LogP contribution in [0.15, 0.2) is 35.1 Å². The fourth-order valence-corrected chi connectivity index (χ4v) is 2.14. The molecular weight excluding hydrogens is 274 g/mol. The van der Waals surface area contributed by atoms with Gasteiger partial charge in [0.1, 0.15) is 0 Å². The molecule has 106 valence electrons. The van der Waals surface area contributed by atoms with Crippen molar-refractivity contribution in [1.82, 2.24) is 9.78 Å². The Balaban J connectivity index is 2.51. The summed E-state index contributed by atoms with van der Waals surface area (Å²) in [5, 5.41) is 4.90. The zero-order valence-electron chi connectivity index (χ0n) is 11.8. The van der Waals surface area contributed by atoms with Crippen LogP contribution in [0.3, 0.4) is 0 Å². The number of hydrogen-bond donors (Lipinski definition) is 1. The van der Waals surface area contributed by atoms with Gasteiger partial charge in [0.25, 0.3) is 5.56 Å². The van der Waals surface area contributed by atoms with Gasteiger partial charge < -0.3 is 5.73 Å². The molecule has 0 saturated heterocycles. The van der Waals surface area contributed by atoms with Crippen LogP contribution in [0.4, 0.5) is 0 Å². The first kappa shape index (κ1) is 14.8. The number of rotatable bonds is 3. The zero-order valence-corrected chi connectivity index (χ0v) is 12.6. The van der Waals surface area contributed by atoms with Crippen LogP contribution < -0.4 is 11.3 Å². The fraction of sp³-hybridized carbons (Fsp3) is 0.333. The molecule has 0 bridgehead atoms. The van der Waals surface area contributed by atoms with E-state index in [-0.39, 0.29) is 11.5 Å². The highest BCUT2D eigenvalue weighted by atomic mass is 35.5. The lowest BCUT2D eigenvalue weighted by Gasteiger charge is -2.15. The van der Waals surface area contributed by atoms with Gasteiger partial charge in [-0.25, -0.2) is 4.68 Å². The van der Waals surface area contributed by atoms with E-state index < -0.39 is 6.04 Å². The maximum Gasteiger partial charge on any atom is 0.271 e. The van der Waals surface area contributed by atoms with E-state index in [2.05, 4.69) is 5.10 Å². The molecule has 1 unspecified atom stereocenters. The second kappa shape index (κ2) is 5.77. The number of hydrogen-bond acceptors (Lipinski definition) is 3. The minimum Gasteiger partial charge on any atom is -0.320 e. The predicted octanol–water partition coefficient (Wildman–Crippen LogP) is 2.61. The average molecular weight is 292 g/mol. The second-order valence-electron chi connectivity index (χ2n) is 5.14. The standard InChI is InChI=1S/C15H18ClN3O/c1-9(2)13-8-12(15(20)19(3)18-13)14(17)10-4-6-11(16)7-5-10/h4-9,14H,17H2,1-3H3. The van der Waals surface area contributed by atoms with E-state index in [4.69, 9.17) is 17.3 Å². The van der Waals surface area contributed by atoms with Gasteiger partial charge in [0, 0.05) is 17.6 Å². The quantitative estimate of drug-likeness (QED) is 0.945. The number of aryl methyl sites for hydroxylation is 1. The van der Waals surface area contributed by atoms with Gasteiger partial charge in [-0.05, 0) is 29.7 Å². The van der Waals surface area contributed by atoms with Gasteiger partial charge in [-0.15, -0.1) is 0 Å². The molecule has 0 fully saturated rings. The molecule has 2 aromatic rings. The number of benzene rings is 1. The molecule has 2 N–H and O–H groups in total. The van der Waals surface area contributed by atoms with Gasteiger partial charge in [-0.2, -0.15) is 5.10 Å². The first-order chi connectivity index (χ1) is 9.40. The Bertz CT molecular complexity index is 662. The first-order valence-electron chi connectivity index (χ1n) is 6.49. The summed E-state index contributed by atoms with van der Waals surface area (Å²) in [5.41, 5.74) is 8.31. The van der Waals surface area contributed by atoms with Gasteiger partial charge in [-0.3, -0.25) is 4.79 Å². The van der Waals surface area contributed by atoms with Crippen molar-refractivity contribution in [3.63, 3.8) is 0 Å². The number of aromatic nitrogens is 2. The van der Waals surface area contributed by atoms with E-state index in [1.165, 1.54) is 4.68 Å². The molecule has 0 amide bonds. The molecule has 0 aliphatic carbocycles. The van der Waals surface area contributed by atoms with E-state index in [0.717, 1.165) is 11.3 Å². The van der Waals surface area contributed by atoms with Crippen LogP contribution in [-0.2, 0) is 7.05 Å². The average Bonchev–Trinajstić information content (AvgIpc) is 2.41. The maximum atomic E-state index is 12.2. The van der Waals surface area contributed by atoms with Gasteiger partial charge in [0.2, 0.25) is 0 Å². The number of nitrogens with zero attached hydrogens (tertiary/aromatic N) is 2. The van der Waals surface area contributed by atoms with Crippen molar-refractivity contribution < 1.29 is 0 Å². The Labute approximate surface area is 123 Å². The molecule has 2 rings (SSSR count). The maximum absolute atomic E-state index is 12.2. The predicted molar refractivity (Wildman–Crippen MR) is 81.0 cm³/mol. The third kappa shape index (κ3) is 2.92. The van der Waals surface area contributed by atoms with Crippen LogP contribution in [0.2, 0.25) is 5.02 Å². The highest BCUT2D eigenvalue weighted by molar-refractivity contribution is 6.30. The highest BCUT2D eigenvalue weighted by Crippen LogP contribution is 2.21. The molecule has 1 aromatic heterocycles. The lowest BCUT2D eigenvalue weighted by atomic mass is 9.99. The first-order valence-corrected chi connectivity index (χ1v) is 6.87. The minimum atomic E-state index is -0.480. The molecule has 0 spiro atoms. The summed E-state index contributed by atoms with van der Waals surface area (Å²) in [6.07, 6.45) is 0. The highest BCUT2D eigenvalue weighted by Gasteiger charge is 2.16. The third-order valence-electron chi connectivity index (χ3n) is 3.27. The van der Waals surface area contributed by atoms with Gasteiger partial charge in [0.15, 0.2) is 0 Å². The van der Waals surface area contributed by atoms with Gasteiger partial charge in [0.05, 0.1) is 11.7 Å². The lowest BCUT2D eigenvalue weighted by molar-refractivity contribution is 0.633. The lowest BCUT2D eigenvalue weighted by Crippen LogP contribution is -2.30. The normalized spacial score (nSPS) is 12.7. The van der Waals surface area contributed by atoms with Crippen molar-refractivity contribution in [1.29, 1.82) is 0 Å². The van der Waals surface area contributed by atoms with Gasteiger partial charge in [-0.1, -0.05) is 37.6 Å². The van der Waals surface area contributed by atoms with Crippen LogP contribution in [0.1, 0.15) is 42.6 Å². The summed E-state index contributed by atoms with van der Waals surface area (Å²) in [6, 6.07) is 8.53. The molecular formula is C15H18ClN3O. The zero-order chi connectivity index (χ0) is 14.9. The minimum absolute atomic E-state index is 0.170. The molecule has 5 heteroatoms. The van der Waals surface area contributed by atoms with Crippen LogP contribution in [0.25, 0.3) is 0 Å². The van der Waals surface area contributed by atoms with E-state index in [1.54, 1.807) is 25.2 Å². The van der Waals surface area contributed by atoms with E-state index >= 15 is 0 Å². The largest absolute Gasteiger partial charge is 0.320 e. The van der Waals surface area contributed by atoms with Crippen LogP contribution in [-0.4, -0.2) is 9.78 Å². The van der Waals surface area contributed by atoms with E-state index in [0.29, 0.717) is 10.6 Å². The molecule has 4 nitrogen and oxygen atoms in total. The number of nitrogens with two attached hydrogens (primary N) is 1. The van der Waals surface area contributed by atoms with E-state index in [9.17, 15) is 4.79 Å². The smallest absolute Gasteiger partial charge is 0.271 e. The molecule has 1 aromatic carbocycles. The summed E-state index contributed by atoms with van der Waals surface area (Å²) < 4.78 is 1.35. The monoisotopic (exact) mass is 291 g/mol. The summed E-state index contributed by atoms with van der Waals surface area (Å²) in [4.78, 5) is 12.2. The van der Waals surface area contributed by atoms with Crippen molar-refractivity contribution in [2.45, 2.75) is 25.8 Å². The molecule has 20 heavy (non-hydrogen) atoms. The van der Waals surface area contributed by atoms with Gasteiger partial charge >= 0.3 is 0 Å². The SMILES string of the molecule is CC(C)c1cc(C(N)c2ccc(Cl)cc2)c(=O)n(C)n1. The van der Waals surface area contributed by atoms with E-state index in [1.807, 2.05) is 26.0 Å². The Morgan fingerprint density at radius 3 is 2.40 bits per heavy atom. The topological polar surface area (TPSA) is 60.9 Å². The van der Waals surface area contributed by atoms with Crippen molar-refractivity contribution in [2.75, 3.05) is 0 Å². The molecule has 1 atom stereocenters. The Kier molecular flexibility index (Phi) is 4.26. The summed E-state index contributed by atoms with van der Waals surface area (Å²) in [7, 11) is 1.65. The molecule has 0 aliphatic rings. The Hall–Kier alpha value is -1.65. The molecule has 0 aliphatic heterocycles. The molecule has 0 radical (unpaired) electrons. The number of halogens is 1. The third-order valence-corrected chi connectivity index (χ3v) is 3.52. The summed E-state index contributed by atoms with van der Waals surface area (Å²) in [6.45, 7) is 4.06.